The molecule has 1 amide bonds. The molecule has 0 atom stereocenters. The summed E-state index contributed by atoms with van der Waals surface area (Å²) in [7, 11) is 3.69. The lowest BCUT2D eigenvalue weighted by molar-refractivity contribution is 0.209. The number of imidazole rings is 1. The monoisotopic (exact) mass is 367 g/mol. The van der Waals surface area contributed by atoms with Crippen LogP contribution in [0.5, 0.6) is 5.75 Å². The lowest BCUT2D eigenvalue weighted by atomic mass is 10.2. The van der Waals surface area contributed by atoms with Gasteiger partial charge in [0, 0.05) is 37.9 Å². The van der Waals surface area contributed by atoms with Gasteiger partial charge in [0.2, 0.25) is 0 Å². The molecule has 0 saturated heterocycles. The van der Waals surface area contributed by atoms with Gasteiger partial charge in [0.25, 0.3) is 0 Å². The van der Waals surface area contributed by atoms with Crippen molar-refractivity contribution in [3.63, 3.8) is 0 Å². The van der Waals surface area contributed by atoms with Crippen LogP contribution in [0.4, 0.5) is 10.5 Å². The summed E-state index contributed by atoms with van der Waals surface area (Å²) < 4.78 is 7.44. The highest BCUT2D eigenvalue weighted by Gasteiger charge is 2.12. The smallest absolute Gasteiger partial charge is 0.410 e. The van der Waals surface area contributed by atoms with Crippen LogP contribution < -0.4 is 9.64 Å². The Morgan fingerprint density at radius 3 is 2.54 bits per heavy atom. The van der Waals surface area contributed by atoms with Gasteiger partial charge in [0.1, 0.15) is 5.75 Å². The molecule has 0 aliphatic heterocycles. The summed E-state index contributed by atoms with van der Waals surface area (Å²) in [5, 5.41) is 1.01. The molecule has 1 heterocycles. The molecule has 3 aromatic rings. The predicted octanol–water partition coefficient (Wildman–Crippen LogP) is 4.39. The molecule has 6 heteroatoms. The molecule has 2 aromatic carbocycles. The van der Waals surface area contributed by atoms with Crippen molar-refractivity contribution in [3.05, 3.63) is 72.6 Å². The Morgan fingerprint density at radius 1 is 1.15 bits per heavy atom. The van der Waals surface area contributed by atoms with Gasteiger partial charge in [0.05, 0.1) is 0 Å². The lowest BCUT2D eigenvalue weighted by Gasteiger charge is -2.16. The first-order valence-electron chi connectivity index (χ1n) is 8.33. The molecular formula is C20H21N3O2S. The molecular weight excluding hydrogens is 346 g/mol. The van der Waals surface area contributed by atoms with Gasteiger partial charge in [-0.05, 0) is 36.2 Å². The van der Waals surface area contributed by atoms with E-state index in [9.17, 15) is 4.79 Å². The minimum atomic E-state index is -0.408. The van der Waals surface area contributed by atoms with Crippen LogP contribution in [0.2, 0.25) is 0 Å². The number of amides is 1. The topological polar surface area (TPSA) is 47.4 Å². The van der Waals surface area contributed by atoms with Gasteiger partial charge >= 0.3 is 6.09 Å². The Kier molecular flexibility index (Phi) is 5.96. The van der Waals surface area contributed by atoms with E-state index in [0.717, 1.165) is 23.0 Å². The number of aromatic nitrogens is 2. The van der Waals surface area contributed by atoms with Crippen LogP contribution in [0.3, 0.4) is 0 Å². The molecule has 0 aliphatic carbocycles. The van der Waals surface area contributed by atoms with Gasteiger partial charge in [0.15, 0.2) is 5.16 Å². The average molecular weight is 367 g/mol. The fraction of sp³-hybridized carbons (Fsp3) is 0.200. The maximum absolute atomic E-state index is 12.2. The third kappa shape index (κ3) is 4.67. The van der Waals surface area contributed by atoms with Crippen molar-refractivity contribution >= 4 is 23.5 Å². The molecule has 0 aliphatic rings. The maximum atomic E-state index is 12.2. The summed E-state index contributed by atoms with van der Waals surface area (Å²) in [5.41, 5.74) is 1.99. The largest absolute Gasteiger partial charge is 0.419 e. The van der Waals surface area contributed by atoms with E-state index in [1.165, 1.54) is 10.5 Å². The van der Waals surface area contributed by atoms with Gasteiger partial charge in [-0.2, -0.15) is 0 Å². The molecule has 0 unspecified atom stereocenters. The standard InChI is InChI=1S/C20H21N3O2S/c1-22-14-13-21-19(22)26-15-12-16-8-10-18(11-9-16)25-20(24)23(2)17-6-4-3-5-7-17/h3-11,13-14H,12,15H2,1-2H3. The molecule has 5 nitrogen and oxygen atoms in total. The molecule has 0 spiro atoms. The zero-order valence-electron chi connectivity index (χ0n) is 14.8. The number of hydrogen-bond acceptors (Lipinski definition) is 4. The maximum Gasteiger partial charge on any atom is 0.419 e. The molecule has 0 fully saturated rings. The number of carbonyl (C=O) groups is 1. The summed E-state index contributed by atoms with van der Waals surface area (Å²) in [6.45, 7) is 0. The zero-order chi connectivity index (χ0) is 18.4. The number of nitrogens with zero attached hydrogens (tertiary/aromatic N) is 3. The number of carbonyl (C=O) groups excluding carboxylic acids is 1. The van der Waals surface area contributed by atoms with E-state index in [2.05, 4.69) is 4.98 Å². The van der Waals surface area contributed by atoms with Crippen molar-refractivity contribution in [2.24, 2.45) is 7.05 Å². The first-order chi connectivity index (χ1) is 12.6. The van der Waals surface area contributed by atoms with Gasteiger partial charge in [-0.15, -0.1) is 0 Å². The highest BCUT2D eigenvalue weighted by atomic mass is 32.2. The van der Waals surface area contributed by atoms with Crippen LogP contribution in [0.25, 0.3) is 0 Å². The third-order valence-corrected chi connectivity index (χ3v) is 5.00. The van der Waals surface area contributed by atoms with E-state index in [4.69, 9.17) is 4.74 Å². The number of rotatable bonds is 6. The SMILES string of the molecule is CN(C(=O)Oc1ccc(CCSc2nccn2C)cc1)c1ccccc1. The first-order valence-corrected chi connectivity index (χ1v) is 9.31. The highest BCUT2D eigenvalue weighted by Crippen LogP contribution is 2.19. The summed E-state index contributed by atoms with van der Waals surface area (Å²) in [6, 6.07) is 17.1. The number of benzene rings is 2. The van der Waals surface area contributed by atoms with Crippen LogP contribution in [0.15, 0.2) is 72.1 Å². The fourth-order valence-electron chi connectivity index (χ4n) is 2.40. The number of anilines is 1. The minimum absolute atomic E-state index is 0.408. The molecule has 0 N–H and O–H groups in total. The fourth-order valence-corrected chi connectivity index (χ4v) is 3.32. The van der Waals surface area contributed by atoms with Crippen LogP contribution in [0, 0.1) is 0 Å². The Morgan fingerprint density at radius 2 is 1.88 bits per heavy atom. The van der Waals surface area contributed by atoms with Crippen molar-refractivity contribution < 1.29 is 9.53 Å². The van der Waals surface area contributed by atoms with Crippen LogP contribution in [-0.4, -0.2) is 28.4 Å². The summed E-state index contributed by atoms with van der Waals surface area (Å²) in [5.74, 6) is 1.49. The summed E-state index contributed by atoms with van der Waals surface area (Å²) in [6.07, 6.45) is 4.26. The number of ether oxygens (including phenoxy) is 1. The number of para-hydroxylation sites is 1. The molecule has 26 heavy (non-hydrogen) atoms. The Hall–Kier alpha value is -2.73. The van der Waals surface area contributed by atoms with E-state index in [1.54, 1.807) is 25.0 Å². The zero-order valence-corrected chi connectivity index (χ0v) is 15.6. The molecule has 0 radical (unpaired) electrons. The van der Waals surface area contributed by atoms with Crippen LogP contribution in [-0.2, 0) is 13.5 Å². The van der Waals surface area contributed by atoms with Crippen LogP contribution >= 0.6 is 11.8 Å². The van der Waals surface area contributed by atoms with Crippen molar-refractivity contribution in [1.29, 1.82) is 0 Å². The van der Waals surface area contributed by atoms with Gasteiger partial charge in [-0.25, -0.2) is 9.78 Å². The third-order valence-electron chi connectivity index (χ3n) is 3.94. The Labute approximate surface area is 157 Å². The van der Waals surface area contributed by atoms with E-state index < -0.39 is 6.09 Å². The molecule has 134 valence electrons. The minimum Gasteiger partial charge on any atom is -0.410 e. The number of hydrogen-bond donors (Lipinski definition) is 0. The number of thioether (sulfide) groups is 1. The molecule has 3 rings (SSSR count). The van der Waals surface area contributed by atoms with E-state index >= 15 is 0 Å². The Bertz CT molecular complexity index is 847. The van der Waals surface area contributed by atoms with Gasteiger partial charge in [-0.1, -0.05) is 42.1 Å². The van der Waals surface area contributed by atoms with Crippen molar-refractivity contribution in [2.75, 3.05) is 17.7 Å². The highest BCUT2D eigenvalue weighted by molar-refractivity contribution is 7.99. The van der Waals surface area contributed by atoms with E-state index in [1.807, 2.05) is 72.4 Å². The Balaban J connectivity index is 1.51. The predicted molar refractivity (Wildman–Crippen MR) is 105 cm³/mol. The van der Waals surface area contributed by atoms with Crippen molar-refractivity contribution in [1.82, 2.24) is 9.55 Å². The summed E-state index contributed by atoms with van der Waals surface area (Å²) in [4.78, 5) is 18.0. The van der Waals surface area contributed by atoms with Gasteiger partial charge in [-0.3, -0.25) is 4.90 Å². The second-order valence-corrected chi connectivity index (χ2v) is 6.89. The second kappa shape index (κ2) is 8.58. The lowest BCUT2D eigenvalue weighted by Crippen LogP contribution is -2.29. The van der Waals surface area contributed by atoms with Crippen LogP contribution in [0.1, 0.15) is 5.56 Å². The first kappa shape index (κ1) is 18.1. The molecule has 1 aromatic heterocycles. The van der Waals surface area contributed by atoms with Crippen molar-refractivity contribution in [2.45, 2.75) is 11.6 Å². The number of aryl methyl sites for hydroxylation is 2. The van der Waals surface area contributed by atoms with Crippen molar-refractivity contribution in [3.8, 4) is 5.75 Å². The quantitative estimate of drug-likeness (QED) is 0.606. The second-order valence-electron chi connectivity index (χ2n) is 5.83. The molecule has 0 bridgehead atoms. The summed E-state index contributed by atoms with van der Waals surface area (Å²) >= 11 is 1.72. The molecule has 0 saturated carbocycles. The normalized spacial score (nSPS) is 10.5. The van der Waals surface area contributed by atoms with E-state index in [-0.39, 0.29) is 0 Å². The van der Waals surface area contributed by atoms with Gasteiger partial charge < -0.3 is 9.30 Å². The average Bonchev–Trinajstić information content (AvgIpc) is 3.08. The van der Waals surface area contributed by atoms with E-state index in [0.29, 0.717) is 5.75 Å².